The lowest BCUT2D eigenvalue weighted by Gasteiger charge is -2.32. The minimum Gasteiger partial charge on any atom is -0.381 e. The van der Waals surface area contributed by atoms with Gasteiger partial charge in [-0.1, -0.05) is 57.7 Å². The number of benzene rings is 1. The predicted molar refractivity (Wildman–Crippen MR) is 144 cm³/mol. The van der Waals surface area contributed by atoms with Crippen LogP contribution >= 0.6 is 0 Å². The summed E-state index contributed by atoms with van der Waals surface area (Å²) in [7, 11) is 1.74. The van der Waals surface area contributed by atoms with E-state index in [-0.39, 0.29) is 5.56 Å². The van der Waals surface area contributed by atoms with Crippen molar-refractivity contribution in [3.8, 4) is 0 Å². The second-order valence-electron chi connectivity index (χ2n) is 7.91. The zero-order chi connectivity index (χ0) is 24.8. The smallest absolute Gasteiger partial charge is 0.275 e. The van der Waals surface area contributed by atoms with Gasteiger partial charge in [-0.15, -0.1) is 0 Å². The van der Waals surface area contributed by atoms with Crippen molar-refractivity contribution in [2.75, 3.05) is 28.6 Å². The maximum atomic E-state index is 13.3. The van der Waals surface area contributed by atoms with Crippen LogP contribution in [0.4, 0.5) is 23.0 Å². The molecule has 0 saturated heterocycles. The standard InChI is InChI=1S/C25H28N6O.C2H6/c1-6-16(2)10-11-18(4)28-25-27-15-19-14-21(24(32)30(5)23(19)29-25)31-13-12-26-22-17(3)8-7-9-20(22)31;1-2/h7-11,14-15,26H,2,4,6,12-13H2,1,3,5H3,(H,27,28,29);1-2H3/b11-10-;. The monoisotopic (exact) mass is 458 g/mol. The molecule has 0 saturated carbocycles. The molecular formula is C27H34N6O. The SMILES string of the molecule is C=C(/C=C\C(=C)Nc1ncc2cc(N3CCNc4c(C)cccc43)c(=O)n(C)c2n1)CC.CC. The third-order valence-electron chi connectivity index (χ3n) is 5.65. The third-order valence-corrected chi connectivity index (χ3v) is 5.65. The number of nitrogens with zero attached hydrogens (tertiary/aromatic N) is 4. The number of nitrogens with one attached hydrogen (secondary N) is 2. The molecule has 178 valence electrons. The Morgan fingerprint density at radius 2 is 2.00 bits per heavy atom. The van der Waals surface area contributed by atoms with E-state index in [9.17, 15) is 4.79 Å². The van der Waals surface area contributed by atoms with E-state index in [2.05, 4.69) is 51.6 Å². The Morgan fingerprint density at radius 1 is 1.24 bits per heavy atom. The molecule has 2 N–H and O–H groups in total. The highest BCUT2D eigenvalue weighted by molar-refractivity contribution is 5.85. The first kappa shape index (κ1) is 24.8. The number of aromatic nitrogens is 3. The van der Waals surface area contributed by atoms with Gasteiger partial charge in [0.25, 0.3) is 5.56 Å². The lowest BCUT2D eigenvalue weighted by molar-refractivity contribution is 0.855. The van der Waals surface area contributed by atoms with E-state index in [0.29, 0.717) is 29.5 Å². The first-order valence-electron chi connectivity index (χ1n) is 11.7. The van der Waals surface area contributed by atoms with Crippen LogP contribution in [-0.2, 0) is 7.05 Å². The number of fused-ring (bicyclic) bond motifs is 2. The number of aryl methyl sites for hydroxylation is 2. The molecular weight excluding hydrogens is 424 g/mol. The highest BCUT2D eigenvalue weighted by Crippen LogP contribution is 2.36. The van der Waals surface area contributed by atoms with Gasteiger partial charge < -0.3 is 15.5 Å². The lowest BCUT2D eigenvalue weighted by Crippen LogP contribution is -2.35. The molecule has 0 amide bonds. The number of para-hydroxylation sites is 1. The van der Waals surface area contributed by atoms with E-state index in [0.717, 1.165) is 40.9 Å². The minimum absolute atomic E-state index is 0.102. The summed E-state index contributed by atoms with van der Waals surface area (Å²) in [4.78, 5) is 24.4. The number of anilines is 4. The Labute approximate surface area is 201 Å². The van der Waals surface area contributed by atoms with Gasteiger partial charge in [0.2, 0.25) is 5.95 Å². The molecule has 0 bridgehead atoms. The molecule has 7 nitrogen and oxygen atoms in total. The molecule has 4 rings (SSSR count). The maximum absolute atomic E-state index is 13.3. The third kappa shape index (κ3) is 5.03. The van der Waals surface area contributed by atoms with Crippen LogP contribution in [-0.4, -0.2) is 27.6 Å². The van der Waals surface area contributed by atoms with E-state index >= 15 is 0 Å². The molecule has 0 fully saturated rings. The molecule has 0 atom stereocenters. The van der Waals surface area contributed by atoms with Crippen LogP contribution in [0.25, 0.3) is 11.0 Å². The van der Waals surface area contributed by atoms with Crippen LogP contribution in [0, 0.1) is 6.92 Å². The largest absolute Gasteiger partial charge is 0.381 e. The molecule has 3 heterocycles. The van der Waals surface area contributed by atoms with Gasteiger partial charge in [-0.05, 0) is 37.1 Å². The van der Waals surface area contributed by atoms with E-state index in [1.807, 2.05) is 51.1 Å². The predicted octanol–water partition coefficient (Wildman–Crippen LogP) is 5.67. The average molecular weight is 459 g/mol. The summed E-state index contributed by atoms with van der Waals surface area (Å²) < 4.78 is 1.58. The van der Waals surface area contributed by atoms with E-state index in [1.54, 1.807) is 17.8 Å². The molecule has 1 aromatic carbocycles. The summed E-state index contributed by atoms with van der Waals surface area (Å²) in [6.07, 6.45) is 6.35. The van der Waals surface area contributed by atoms with Crippen molar-refractivity contribution in [3.05, 3.63) is 83.0 Å². The molecule has 7 heteroatoms. The summed E-state index contributed by atoms with van der Waals surface area (Å²) in [5.41, 5.74) is 5.95. The first-order valence-corrected chi connectivity index (χ1v) is 11.7. The summed E-state index contributed by atoms with van der Waals surface area (Å²) >= 11 is 0. The fourth-order valence-electron chi connectivity index (χ4n) is 3.78. The topological polar surface area (TPSA) is 75.1 Å². The molecule has 0 aliphatic carbocycles. The Morgan fingerprint density at radius 3 is 2.74 bits per heavy atom. The number of hydrogen-bond acceptors (Lipinski definition) is 6. The van der Waals surface area contributed by atoms with Crippen LogP contribution in [0.5, 0.6) is 0 Å². The Hall–Kier alpha value is -3.87. The van der Waals surface area contributed by atoms with Gasteiger partial charge in [0.15, 0.2) is 0 Å². The number of pyridine rings is 1. The van der Waals surface area contributed by atoms with E-state index in [4.69, 9.17) is 0 Å². The number of rotatable bonds is 6. The van der Waals surface area contributed by atoms with Gasteiger partial charge in [-0.25, -0.2) is 4.98 Å². The highest BCUT2D eigenvalue weighted by Gasteiger charge is 2.23. The minimum atomic E-state index is -0.102. The van der Waals surface area contributed by atoms with Crippen LogP contribution < -0.4 is 21.1 Å². The van der Waals surface area contributed by atoms with Crippen molar-refractivity contribution in [2.45, 2.75) is 34.1 Å². The van der Waals surface area contributed by atoms with Gasteiger partial charge in [0, 0.05) is 37.4 Å². The zero-order valence-corrected chi connectivity index (χ0v) is 20.8. The molecule has 34 heavy (non-hydrogen) atoms. The molecule has 3 aromatic rings. The molecule has 1 aliphatic rings. The Balaban J connectivity index is 0.00000158. The van der Waals surface area contributed by atoms with Crippen molar-refractivity contribution < 1.29 is 0 Å². The second kappa shape index (κ2) is 10.8. The van der Waals surface area contributed by atoms with Crippen LogP contribution in [0.2, 0.25) is 0 Å². The van der Waals surface area contributed by atoms with Crippen LogP contribution in [0.3, 0.4) is 0 Å². The first-order chi connectivity index (χ1) is 16.4. The summed E-state index contributed by atoms with van der Waals surface area (Å²) in [6.45, 7) is 17.5. The van der Waals surface area contributed by atoms with Crippen molar-refractivity contribution >= 4 is 34.0 Å². The Bertz CT molecular complexity index is 1300. The molecule has 1 aliphatic heterocycles. The van der Waals surface area contributed by atoms with Gasteiger partial charge in [0.1, 0.15) is 11.3 Å². The summed E-state index contributed by atoms with van der Waals surface area (Å²) in [5, 5.41) is 7.32. The Kier molecular flexibility index (Phi) is 7.89. The fourth-order valence-corrected chi connectivity index (χ4v) is 3.78. The number of hydrogen-bond donors (Lipinski definition) is 2. The van der Waals surface area contributed by atoms with Gasteiger partial charge >= 0.3 is 0 Å². The van der Waals surface area contributed by atoms with E-state index < -0.39 is 0 Å². The van der Waals surface area contributed by atoms with Crippen molar-refractivity contribution in [1.29, 1.82) is 0 Å². The van der Waals surface area contributed by atoms with Gasteiger partial charge in [-0.3, -0.25) is 9.36 Å². The van der Waals surface area contributed by atoms with Crippen molar-refractivity contribution in [2.24, 2.45) is 7.05 Å². The molecule has 0 spiro atoms. The highest BCUT2D eigenvalue weighted by atomic mass is 16.1. The summed E-state index contributed by atoms with van der Waals surface area (Å²) in [5.74, 6) is 0.389. The molecule has 2 aromatic heterocycles. The second-order valence-corrected chi connectivity index (χ2v) is 7.91. The molecule has 0 radical (unpaired) electrons. The van der Waals surface area contributed by atoms with Gasteiger partial charge in [0.05, 0.1) is 11.4 Å². The normalized spacial score (nSPS) is 12.6. The zero-order valence-electron chi connectivity index (χ0n) is 20.8. The van der Waals surface area contributed by atoms with E-state index in [1.165, 1.54) is 0 Å². The molecule has 0 unspecified atom stereocenters. The lowest BCUT2D eigenvalue weighted by atomic mass is 10.1. The number of allylic oxidation sites excluding steroid dienone is 3. The van der Waals surface area contributed by atoms with Crippen molar-refractivity contribution in [1.82, 2.24) is 14.5 Å². The van der Waals surface area contributed by atoms with Crippen LogP contribution in [0.15, 0.2) is 71.8 Å². The summed E-state index contributed by atoms with van der Waals surface area (Å²) in [6, 6.07) is 7.99. The average Bonchev–Trinajstić information content (AvgIpc) is 2.86. The quantitative estimate of drug-likeness (QED) is 0.463. The fraction of sp³-hybridized carbons (Fsp3) is 0.296. The van der Waals surface area contributed by atoms with Crippen LogP contribution in [0.1, 0.15) is 32.8 Å². The maximum Gasteiger partial charge on any atom is 0.275 e. The van der Waals surface area contributed by atoms with Crippen molar-refractivity contribution in [3.63, 3.8) is 0 Å². The van der Waals surface area contributed by atoms with Gasteiger partial charge in [-0.2, -0.15) is 4.98 Å².